The van der Waals surface area contributed by atoms with Crippen molar-refractivity contribution >= 4 is 27.8 Å². The minimum atomic E-state index is -4.13. The first-order valence-electron chi connectivity index (χ1n) is 6.01. The Hall–Kier alpha value is -2.17. The van der Waals surface area contributed by atoms with Crippen LogP contribution in [-0.4, -0.2) is 42.1 Å². The van der Waals surface area contributed by atoms with Gasteiger partial charge < -0.3 is 15.7 Å². The third kappa shape index (κ3) is 6.52. The van der Waals surface area contributed by atoms with Gasteiger partial charge in [0.1, 0.15) is 6.04 Å². The quantitative estimate of drug-likeness (QED) is 0.508. The Morgan fingerprint density at radius 1 is 1.18 bits per heavy atom. The average Bonchev–Trinajstić information content (AvgIpc) is 2.35. The van der Waals surface area contributed by atoms with E-state index < -0.39 is 40.5 Å². The van der Waals surface area contributed by atoms with Crippen molar-refractivity contribution in [2.45, 2.75) is 19.4 Å². The fourth-order valence-corrected chi connectivity index (χ4v) is 2.83. The molecule has 0 spiro atoms. The van der Waals surface area contributed by atoms with Crippen LogP contribution in [0.15, 0.2) is 30.3 Å². The van der Waals surface area contributed by atoms with E-state index >= 15 is 0 Å². The van der Waals surface area contributed by atoms with Crippen molar-refractivity contribution in [2.75, 3.05) is 4.72 Å². The van der Waals surface area contributed by atoms with Gasteiger partial charge in [0.05, 0.1) is 0 Å². The fraction of sp³-hybridized carbons (Fsp3) is 0.333. The molecule has 0 bridgehead atoms. The predicted molar refractivity (Wildman–Crippen MR) is 78.6 cm³/mol. The molecule has 0 aliphatic heterocycles. The number of nitrogens with one attached hydrogen (secondary N) is 2. The zero-order valence-corrected chi connectivity index (χ0v) is 12.5. The molecule has 0 aromatic heterocycles. The molecule has 0 radical (unpaired) electrons. The van der Waals surface area contributed by atoms with E-state index in [-0.39, 0.29) is 11.2 Å². The summed E-state index contributed by atoms with van der Waals surface area (Å²) in [4.78, 5) is 21.7. The Bertz CT molecular complexity index is 603. The number of carboxylic acid groups (broad SMARTS) is 2. The summed E-state index contributed by atoms with van der Waals surface area (Å²) in [6, 6.07) is 6.37. The van der Waals surface area contributed by atoms with Crippen LogP contribution in [0.2, 0.25) is 0 Å². The summed E-state index contributed by atoms with van der Waals surface area (Å²) in [6.45, 7) is 1.35. The smallest absolute Gasteiger partial charge is 0.322 e. The summed E-state index contributed by atoms with van der Waals surface area (Å²) in [5.41, 5.74) is 0.264. The lowest BCUT2D eigenvalue weighted by Gasteiger charge is -2.20. The highest BCUT2D eigenvalue weighted by molar-refractivity contribution is 7.90. The van der Waals surface area contributed by atoms with Gasteiger partial charge in [0.25, 0.3) is 10.2 Å². The lowest BCUT2D eigenvalue weighted by atomic mass is 9.99. The first-order valence-corrected chi connectivity index (χ1v) is 7.49. The largest absolute Gasteiger partial charge is 0.481 e. The van der Waals surface area contributed by atoms with Crippen molar-refractivity contribution in [3.05, 3.63) is 30.3 Å². The highest BCUT2D eigenvalue weighted by Gasteiger charge is 2.30. The normalized spacial score (nSPS) is 13.5. The molecule has 0 saturated carbocycles. The van der Waals surface area contributed by atoms with Crippen molar-refractivity contribution in [3.63, 3.8) is 0 Å². The Morgan fingerprint density at radius 2 is 1.73 bits per heavy atom. The zero-order valence-electron chi connectivity index (χ0n) is 11.7. The van der Waals surface area contributed by atoms with Gasteiger partial charge in [0, 0.05) is 12.1 Å². The second-order valence-electron chi connectivity index (χ2n) is 4.48. The number of hydrogen-bond acceptors (Lipinski definition) is 4. The number of para-hydroxylation sites is 1. The van der Waals surface area contributed by atoms with Gasteiger partial charge in [-0.2, -0.15) is 13.1 Å². The molecular formula is C12H18N2O7S. The summed E-state index contributed by atoms with van der Waals surface area (Å²) < 4.78 is 27.9. The van der Waals surface area contributed by atoms with E-state index in [2.05, 4.69) is 4.72 Å². The molecule has 0 aliphatic rings. The van der Waals surface area contributed by atoms with Crippen molar-refractivity contribution in [1.29, 1.82) is 0 Å². The van der Waals surface area contributed by atoms with Crippen molar-refractivity contribution in [3.8, 4) is 0 Å². The molecule has 0 fully saturated rings. The molecule has 9 nitrogen and oxygen atoms in total. The van der Waals surface area contributed by atoms with Crippen molar-refractivity contribution in [1.82, 2.24) is 4.72 Å². The first kappa shape index (κ1) is 19.8. The van der Waals surface area contributed by atoms with Crippen molar-refractivity contribution < 1.29 is 33.7 Å². The molecule has 1 aromatic carbocycles. The summed E-state index contributed by atoms with van der Waals surface area (Å²) >= 11 is 0. The topological polar surface area (TPSA) is 164 Å². The van der Waals surface area contributed by atoms with E-state index in [1.54, 1.807) is 18.2 Å². The second-order valence-corrected chi connectivity index (χ2v) is 5.93. The highest BCUT2D eigenvalue weighted by Crippen LogP contribution is 2.12. The van der Waals surface area contributed by atoms with Gasteiger partial charge in [0.2, 0.25) is 0 Å². The van der Waals surface area contributed by atoms with Gasteiger partial charge in [-0.3, -0.25) is 14.3 Å². The van der Waals surface area contributed by atoms with Gasteiger partial charge >= 0.3 is 11.9 Å². The zero-order chi connectivity index (χ0) is 16.0. The summed E-state index contributed by atoms with van der Waals surface area (Å²) in [7, 11) is -4.13. The minimum Gasteiger partial charge on any atom is -0.481 e. The van der Waals surface area contributed by atoms with Gasteiger partial charge in [-0.05, 0) is 18.1 Å². The Kier molecular flexibility index (Phi) is 7.50. The van der Waals surface area contributed by atoms with Crippen LogP contribution in [0.4, 0.5) is 5.69 Å². The Labute approximate surface area is 127 Å². The van der Waals surface area contributed by atoms with E-state index in [0.717, 1.165) is 0 Å². The first-order chi connectivity index (χ1) is 9.71. The third-order valence-corrected chi connectivity index (χ3v) is 3.71. The van der Waals surface area contributed by atoms with Crippen LogP contribution in [0.3, 0.4) is 0 Å². The van der Waals surface area contributed by atoms with E-state index in [4.69, 9.17) is 10.2 Å². The van der Waals surface area contributed by atoms with Crippen LogP contribution in [0.25, 0.3) is 0 Å². The lowest BCUT2D eigenvalue weighted by Crippen LogP contribution is -2.47. The number of aliphatic carboxylic acids is 2. The molecule has 1 rings (SSSR count). The van der Waals surface area contributed by atoms with Crippen LogP contribution < -0.4 is 9.44 Å². The van der Waals surface area contributed by atoms with Gasteiger partial charge in [-0.1, -0.05) is 25.1 Å². The second kappa shape index (κ2) is 8.32. The van der Waals surface area contributed by atoms with Crippen LogP contribution in [-0.2, 0) is 19.8 Å². The standard InChI is InChI=1S/C12H16N2O6S.H2O/c1-8(7-10(15)16)11(12(17)18)14-21(19,20)13-9-5-3-2-4-6-9;/h2-6,8,11,13-14H,7H2,1H3,(H,15,16)(H,17,18);1H2/t8?,11-;/m0./s1. The number of carboxylic acids is 2. The lowest BCUT2D eigenvalue weighted by molar-refractivity contribution is -0.142. The Balaban J connectivity index is 0.00000441. The minimum absolute atomic E-state index is 0. The van der Waals surface area contributed by atoms with Crippen LogP contribution in [0.5, 0.6) is 0 Å². The molecular weight excluding hydrogens is 316 g/mol. The maximum Gasteiger partial charge on any atom is 0.322 e. The van der Waals surface area contributed by atoms with E-state index in [1.165, 1.54) is 19.1 Å². The number of hydrogen-bond donors (Lipinski definition) is 4. The number of rotatable bonds is 8. The summed E-state index contributed by atoms with van der Waals surface area (Å²) in [5, 5.41) is 17.7. The van der Waals surface area contributed by atoms with Crippen LogP contribution in [0.1, 0.15) is 13.3 Å². The maximum absolute atomic E-state index is 11.9. The average molecular weight is 334 g/mol. The molecule has 124 valence electrons. The van der Waals surface area contributed by atoms with Gasteiger partial charge in [-0.25, -0.2) is 0 Å². The molecule has 0 saturated heterocycles. The van der Waals surface area contributed by atoms with E-state index in [1.807, 2.05) is 4.72 Å². The van der Waals surface area contributed by atoms with Gasteiger partial charge in [-0.15, -0.1) is 0 Å². The molecule has 1 unspecified atom stereocenters. The maximum atomic E-state index is 11.9. The molecule has 0 amide bonds. The molecule has 22 heavy (non-hydrogen) atoms. The van der Waals surface area contributed by atoms with E-state index in [0.29, 0.717) is 0 Å². The van der Waals surface area contributed by atoms with Crippen LogP contribution >= 0.6 is 0 Å². The van der Waals surface area contributed by atoms with Gasteiger partial charge in [0.15, 0.2) is 0 Å². The van der Waals surface area contributed by atoms with Crippen molar-refractivity contribution in [2.24, 2.45) is 5.92 Å². The predicted octanol–water partition coefficient (Wildman–Crippen LogP) is -0.328. The molecule has 6 N–H and O–H groups in total. The van der Waals surface area contributed by atoms with E-state index in [9.17, 15) is 18.0 Å². The van der Waals surface area contributed by atoms with Crippen LogP contribution in [0, 0.1) is 5.92 Å². The molecule has 2 atom stereocenters. The third-order valence-electron chi connectivity index (χ3n) is 2.64. The molecule has 0 heterocycles. The highest BCUT2D eigenvalue weighted by atomic mass is 32.2. The number of anilines is 1. The molecule has 10 heteroatoms. The monoisotopic (exact) mass is 334 g/mol. The fourth-order valence-electron chi connectivity index (χ4n) is 1.66. The SMILES string of the molecule is CC(CC(=O)O)[C@H](NS(=O)(=O)Nc1ccccc1)C(=O)O.O. The number of benzene rings is 1. The number of carbonyl (C=O) groups is 2. The Morgan fingerprint density at radius 3 is 2.18 bits per heavy atom. The molecule has 0 aliphatic carbocycles. The molecule has 1 aromatic rings. The summed E-state index contributed by atoms with van der Waals surface area (Å²) in [5.74, 6) is -3.56. The summed E-state index contributed by atoms with van der Waals surface area (Å²) in [6.07, 6.45) is -0.467.